The van der Waals surface area contributed by atoms with E-state index in [-0.39, 0.29) is 25.7 Å². The fourth-order valence-electron chi connectivity index (χ4n) is 12.8. The van der Waals surface area contributed by atoms with E-state index in [9.17, 15) is 43.2 Å². The number of phosphoric ester groups is 2. The standard InChI is InChI=1S/C83H162O17P2/c1-9-76(8)62-54-46-41-42-48-56-64-81(86)94-70-79(100-82(87)65-57-49-39-33-27-21-15-13-11-10-12-14-18-23-29-35-43-51-59-73(2)3)72-98-102(91,92)96-68-77(84)67-95-101(89,90)97-71-78(99-83(88)66-58-50-40-34-28-22-25-31-37-45-53-61-75(6)7)69-93-80(85)63-55-47-38-32-26-20-17-16-19-24-30-36-44-52-60-74(4)5/h73-79,84H,9-72H2,1-8H3,(H,89,90)(H,91,92)/t76?,77-,78-,79-/m1/s1. The highest BCUT2D eigenvalue weighted by atomic mass is 31.2. The number of carbonyl (C=O) groups is 4. The smallest absolute Gasteiger partial charge is 0.462 e. The molecule has 0 aromatic heterocycles. The van der Waals surface area contributed by atoms with Crippen molar-refractivity contribution in [1.29, 1.82) is 0 Å². The maximum Gasteiger partial charge on any atom is 0.472 e. The molecule has 0 aliphatic heterocycles. The van der Waals surface area contributed by atoms with Gasteiger partial charge in [0.25, 0.3) is 0 Å². The third kappa shape index (κ3) is 74.9. The Balaban J connectivity index is 5.21. The van der Waals surface area contributed by atoms with Gasteiger partial charge in [-0.05, 0) is 49.4 Å². The number of rotatable bonds is 80. The van der Waals surface area contributed by atoms with Crippen LogP contribution >= 0.6 is 15.6 Å². The minimum Gasteiger partial charge on any atom is -0.462 e. The van der Waals surface area contributed by atoms with Crippen molar-refractivity contribution < 1.29 is 80.2 Å². The Morgan fingerprint density at radius 2 is 0.471 bits per heavy atom. The van der Waals surface area contributed by atoms with Gasteiger partial charge in [0, 0.05) is 25.7 Å². The summed E-state index contributed by atoms with van der Waals surface area (Å²) in [6, 6.07) is 0. The largest absolute Gasteiger partial charge is 0.472 e. The van der Waals surface area contributed by atoms with Crippen molar-refractivity contribution in [3.63, 3.8) is 0 Å². The van der Waals surface area contributed by atoms with E-state index in [1.165, 1.54) is 225 Å². The highest BCUT2D eigenvalue weighted by molar-refractivity contribution is 7.47. The van der Waals surface area contributed by atoms with Gasteiger partial charge in [0.1, 0.15) is 19.3 Å². The van der Waals surface area contributed by atoms with Crippen LogP contribution in [0.3, 0.4) is 0 Å². The molecule has 19 heteroatoms. The molecule has 102 heavy (non-hydrogen) atoms. The van der Waals surface area contributed by atoms with Gasteiger partial charge < -0.3 is 33.8 Å². The third-order valence-corrected chi connectivity index (χ3v) is 21.6. The summed E-state index contributed by atoms with van der Waals surface area (Å²) in [6.07, 6.45) is 59.7. The molecule has 0 fully saturated rings. The van der Waals surface area contributed by atoms with E-state index >= 15 is 0 Å². The molecule has 0 aromatic rings. The van der Waals surface area contributed by atoms with Gasteiger partial charge in [0.2, 0.25) is 0 Å². The molecule has 0 radical (unpaired) electrons. The predicted molar refractivity (Wildman–Crippen MR) is 418 cm³/mol. The fraction of sp³-hybridized carbons (Fsp3) is 0.952. The number of hydrogen-bond donors (Lipinski definition) is 3. The van der Waals surface area contributed by atoms with E-state index in [1.54, 1.807) is 0 Å². The molecule has 3 N–H and O–H groups in total. The molecule has 0 aromatic carbocycles. The Morgan fingerprint density at radius 1 is 0.275 bits per heavy atom. The van der Waals surface area contributed by atoms with Gasteiger partial charge in [-0.2, -0.15) is 0 Å². The normalized spacial score (nSPS) is 14.3. The molecule has 0 heterocycles. The molecule has 0 aliphatic rings. The summed E-state index contributed by atoms with van der Waals surface area (Å²) in [5, 5.41) is 10.7. The van der Waals surface area contributed by atoms with Gasteiger partial charge in [-0.15, -0.1) is 0 Å². The number of unbranched alkanes of at least 4 members (excludes halogenated alkanes) is 45. The highest BCUT2D eigenvalue weighted by Crippen LogP contribution is 2.45. The maximum absolute atomic E-state index is 13.1. The monoisotopic (exact) mass is 1490 g/mol. The lowest BCUT2D eigenvalue weighted by Crippen LogP contribution is -2.30. The van der Waals surface area contributed by atoms with Crippen molar-refractivity contribution in [3.8, 4) is 0 Å². The van der Waals surface area contributed by atoms with Crippen LogP contribution in [0.15, 0.2) is 0 Å². The zero-order chi connectivity index (χ0) is 75.3. The molecule has 0 bridgehead atoms. The van der Waals surface area contributed by atoms with E-state index in [0.29, 0.717) is 25.7 Å². The Kier molecular flexibility index (Phi) is 70.6. The molecule has 0 amide bonds. The van der Waals surface area contributed by atoms with E-state index in [4.69, 9.17) is 37.0 Å². The van der Waals surface area contributed by atoms with E-state index in [1.807, 2.05) is 0 Å². The van der Waals surface area contributed by atoms with Crippen molar-refractivity contribution in [2.45, 2.75) is 446 Å². The molecule has 3 unspecified atom stereocenters. The first kappa shape index (κ1) is 100. The fourth-order valence-corrected chi connectivity index (χ4v) is 14.3. The van der Waals surface area contributed by atoms with Crippen LogP contribution in [-0.2, 0) is 65.4 Å². The summed E-state index contributed by atoms with van der Waals surface area (Å²) < 4.78 is 68.8. The van der Waals surface area contributed by atoms with E-state index in [0.717, 1.165) is 120 Å². The van der Waals surface area contributed by atoms with Gasteiger partial charge in [-0.3, -0.25) is 37.3 Å². The minimum absolute atomic E-state index is 0.106. The van der Waals surface area contributed by atoms with E-state index < -0.39 is 97.5 Å². The quantitative estimate of drug-likeness (QED) is 0.0222. The average Bonchev–Trinajstić information content (AvgIpc) is 0.920. The molecule has 0 aliphatic carbocycles. The van der Waals surface area contributed by atoms with E-state index in [2.05, 4.69) is 55.4 Å². The van der Waals surface area contributed by atoms with Crippen molar-refractivity contribution in [3.05, 3.63) is 0 Å². The first-order valence-corrected chi connectivity index (χ1v) is 45.7. The summed E-state index contributed by atoms with van der Waals surface area (Å²) in [5.74, 6) is 1.00. The Hall–Kier alpha value is -1.94. The number of carbonyl (C=O) groups excluding carboxylic acids is 4. The van der Waals surface area contributed by atoms with Gasteiger partial charge in [-0.1, -0.05) is 376 Å². The van der Waals surface area contributed by atoms with Gasteiger partial charge in [0.05, 0.1) is 26.4 Å². The molecule has 17 nitrogen and oxygen atoms in total. The average molecular weight is 1490 g/mol. The second-order valence-corrected chi connectivity index (χ2v) is 34.4. The molecule has 0 rings (SSSR count). The first-order chi connectivity index (χ1) is 49.1. The minimum atomic E-state index is -4.96. The van der Waals surface area contributed by atoms with Crippen LogP contribution < -0.4 is 0 Å². The molecule has 0 spiro atoms. The van der Waals surface area contributed by atoms with Crippen LogP contribution in [0.5, 0.6) is 0 Å². The summed E-state index contributed by atoms with van der Waals surface area (Å²) in [7, 11) is -9.92. The van der Waals surface area contributed by atoms with Crippen LogP contribution in [0.4, 0.5) is 0 Å². The zero-order valence-electron chi connectivity index (χ0n) is 67.2. The number of aliphatic hydroxyl groups excluding tert-OH is 1. The second-order valence-electron chi connectivity index (χ2n) is 31.5. The second kappa shape index (κ2) is 72.0. The lowest BCUT2D eigenvalue weighted by molar-refractivity contribution is -0.161. The summed E-state index contributed by atoms with van der Waals surface area (Å²) in [4.78, 5) is 73.1. The predicted octanol–water partition coefficient (Wildman–Crippen LogP) is 24.8. The number of aliphatic hydroxyl groups is 1. The van der Waals surface area contributed by atoms with Crippen molar-refractivity contribution in [2.75, 3.05) is 39.6 Å². The van der Waals surface area contributed by atoms with Gasteiger partial charge >= 0.3 is 39.5 Å². The molecule has 606 valence electrons. The summed E-state index contributed by atoms with van der Waals surface area (Å²) >= 11 is 0. The first-order valence-electron chi connectivity index (χ1n) is 42.7. The number of esters is 4. The van der Waals surface area contributed by atoms with Crippen molar-refractivity contribution >= 4 is 39.5 Å². The summed E-state index contributed by atoms with van der Waals surface area (Å²) in [6.45, 7) is 14.3. The molecular formula is C83H162O17P2. The molecule has 0 saturated heterocycles. The zero-order valence-corrected chi connectivity index (χ0v) is 69.0. The lowest BCUT2D eigenvalue weighted by atomic mass is 10.00. The topological polar surface area (TPSA) is 237 Å². The number of hydrogen-bond acceptors (Lipinski definition) is 15. The Labute approximate surface area is 626 Å². The maximum atomic E-state index is 13.1. The van der Waals surface area contributed by atoms with Crippen LogP contribution in [0, 0.1) is 23.7 Å². The van der Waals surface area contributed by atoms with Crippen molar-refractivity contribution in [2.24, 2.45) is 23.7 Å². The van der Waals surface area contributed by atoms with Crippen LogP contribution in [-0.4, -0.2) is 96.7 Å². The van der Waals surface area contributed by atoms with Crippen LogP contribution in [0.25, 0.3) is 0 Å². The lowest BCUT2D eigenvalue weighted by Gasteiger charge is -2.21. The number of phosphoric acid groups is 2. The molecule has 0 saturated carbocycles. The van der Waals surface area contributed by atoms with Gasteiger partial charge in [-0.25, -0.2) is 9.13 Å². The molecular weight excluding hydrogens is 1330 g/mol. The molecule has 6 atom stereocenters. The Bertz CT molecular complexity index is 1990. The SMILES string of the molecule is CCC(C)CCCCCCCCC(=O)OC[C@H](COP(=O)(O)OC[C@H](O)COP(=O)(O)OC[C@@H](COC(=O)CCCCCCCCCCCCCCCCC(C)C)OC(=O)CCCCCCCCCCCCCC(C)C)OC(=O)CCCCCCCCCCCCCCCCCCCCC(C)C. The highest BCUT2D eigenvalue weighted by Gasteiger charge is 2.30. The van der Waals surface area contributed by atoms with Crippen molar-refractivity contribution in [1.82, 2.24) is 0 Å². The Morgan fingerprint density at radius 3 is 0.696 bits per heavy atom. The number of ether oxygens (including phenoxy) is 4. The third-order valence-electron chi connectivity index (χ3n) is 19.7. The summed E-state index contributed by atoms with van der Waals surface area (Å²) in [5.41, 5.74) is 0. The van der Waals surface area contributed by atoms with Crippen LogP contribution in [0.1, 0.15) is 428 Å². The van der Waals surface area contributed by atoms with Gasteiger partial charge in [0.15, 0.2) is 12.2 Å². The van der Waals surface area contributed by atoms with Crippen LogP contribution in [0.2, 0.25) is 0 Å².